The lowest BCUT2D eigenvalue weighted by Crippen LogP contribution is -2.34. The number of benzene rings is 1. The molecule has 0 fully saturated rings. The second kappa shape index (κ2) is 6.85. The molecule has 0 aliphatic heterocycles. The van der Waals surface area contributed by atoms with Crippen molar-refractivity contribution in [3.05, 3.63) is 39.2 Å². The summed E-state index contributed by atoms with van der Waals surface area (Å²) in [6.45, 7) is 3.89. The summed E-state index contributed by atoms with van der Waals surface area (Å²) in [6.07, 6.45) is 3.96. The maximum absolute atomic E-state index is 13.7. The third-order valence-corrected chi connectivity index (χ3v) is 4.21. The first kappa shape index (κ1) is 16.4. The van der Waals surface area contributed by atoms with E-state index in [4.69, 9.17) is 0 Å². The Morgan fingerprint density at radius 2 is 2.27 bits per heavy atom. The molecule has 5 nitrogen and oxygen atoms in total. The zero-order chi connectivity index (χ0) is 16.3. The summed E-state index contributed by atoms with van der Waals surface area (Å²) in [6, 6.07) is 2.25. The van der Waals surface area contributed by atoms with Gasteiger partial charge in [-0.2, -0.15) is 4.39 Å². The van der Waals surface area contributed by atoms with Crippen molar-refractivity contribution in [2.24, 2.45) is 5.92 Å². The van der Waals surface area contributed by atoms with Gasteiger partial charge in [0, 0.05) is 12.0 Å². The van der Waals surface area contributed by atoms with Gasteiger partial charge in [-0.15, -0.1) is 0 Å². The molecule has 1 aromatic carbocycles. The molecule has 0 saturated heterocycles. The molecule has 1 N–H and O–H groups in total. The highest BCUT2D eigenvalue weighted by molar-refractivity contribution is 5.78. The first-order chi connectivity index (χ1) is 10.4. The smallest absolute Gasteiger partial charge is 0.305 e. The van der Waals surface area contributed by atoms with Gasteiger partial charge in [0.05, 0.1) is 11.0 Å². The fourth-order valence-electron chi connectivity index (χ4n) is 2.98. The second-order valence-corrected chi connectivity index (χ2v) is 5.90. The average Bonchev–Trinajstić information content (AvgIpc) is 2.46. The van der Waals surface area contributed by atoms with Gasteiger partial charge in [-0.25, -0.2) is 0 Å². The number of hydrogen-bond acceptors (Lipinski definition) is 3. The zero-order valence-corrected chi connectivity index (χ0v) is 12.9. The number of carbonyl (C=O) groups is 1. The van der Waals surface area contributed by atoms with E-state index in [1.807, 2.05) is 13.8 Å². The lowest BCUT2D eigenvalue weighted by molar-refractivity contribution is -0.387. The zero-order valence-electron chi connectivity index (χ0n) is 12.9. The number of carbonyl (C=O) groups excluding carboxylic acids is 1. The van der Waals surface area contributed by atoms with Gasteiger partial charge in [-0.3, -0.25) is 14.9 Å². The van der Waals surface area contributed by atoms with Crippen LogP contribution in [0.25, 0.3) is 0 Å². The quantitative estimate of drug-likeness (QED) is 0.666. The number of hydrogen-bond donors (Lipinski definition) is 1. The van der Waals surface area contributed by atoms with Crippen LogP contribution in [0.5, 0.6) is 0 Å². The fraction of sp³-hybridized carbons (Fsp3) is 0.562. The molecule has 1 aliphatic carbocycles. The highest BCUT2D eigenvalue weighted by Crippen LogP contribution is 2.34. The summed E-state index contributed by atoms with van der Waals surface area (Å²) in [5.41, 5.74) is 0.903. The Bertz CT molecular complexity index is 589. The third kappa shape index (κ3) is 3.43. The van der Waals surface area contributed by atoms with E-state index < -0.39 is 16.4 Å². The number of nitro benzene ring substituents is 1. The monoisotopic (exact) mass is 308 g/mol. The molecule has 0 heterocycles. The summed E-state index contributed by atoms with van der Waals surface area (Å²) in [5.74, 6) is -0.951. The number of rotatable bonds is 5. The molecule has 2 rings (SSSR count). The van der Waals surface area contributed by atoms with Crippen molar-refractivity contribution in [1.82, 2.24) is 5.32 Å². The van der Waals surface area contributed by atoms with Crippen LogP contribution in [-0.4, -0.2) is 10.8 Å². The number of fused-ring (bicyclic) bond motifs is 1. The largest absolute Gasteiger partial charge is 0.349 e. The van der Waals surface area contributed by atoms with Crippen LogP contribution in [0.15, 0.2) is 12.1 Å². The number of nitro groups is 1. The van der Waals surface area contributed by atoms with Crippen LogP contribution in [0, 0.1) is 21.8 Å². The van der Waals surface area contributed by atoms with Crippen LogP contribution < -0.4 is 5.32 Å². The van der Waals surface area contributed by atoms with Gasteiger partial charge >= 0.3 is 5.69 Å². The summed E-state index contributed by atoms with van der Waals surface area (Å²) in [7, 11) is 0. The van der Waals surface area contributed by atoms with Crippen LogP contribution in [0.1, 0.15) is 56.7 Å². The molecule has 22 heavy (non-hydrogen) atoms. The number of amides is 1. The van der Waals surface area contributed by atoms with Crippen LogP contribution >= 0.6 is 0 Å². The fourth-order valence-corrected chi connectivity index (χ4v) is 2.98. The van der Waals surface area contributed by atoms with E-state index in [9.17, 15) is 19.3 Å². The van der Waals surface area contributed by atoms with E-state index in [2.05, 4.69) is 5.32 Å². The molecule has 0 aromatic heterocycles. The molecule has 1 aromatic rings. The number of halogens is 1. The van der Waals surface area contributed by atoms with Crippen LogP contribution in [-0.2, 0) is 11.2 Å². The minimum absolute atomic E-state index is 0.0494. The van der Waals surface area contributed by atoms with E-state index in [1.165, 1.54) is 12.1 Å². The van der Waals surface area contributed by atoms with Gasteiger partial charge < -0.3 is 5.32 Å². The molecule has 6 heteroatoms. The Balaban J connectivity index is 2.25. The number of nitrogens with zero attached hydrogens (tertiary/aromatic N) is 1. The van der Waals surface area contributed by atoms with E-state index in [1.54, 1.807) is 0 Å². The van der Waals surface area contributed by atoms with Crippen molar-refractivity contribution in [1.29, 1.82) is 0 Å². The first-order valence-corrected chi connectivity index (χ1v) is 7.71. The van der Waals surface area contributed by atoms with Crippen molar-refractivity contribution in [2.45, 2.75) is 52.0 Å². The van der Waals surface area contributed by atoms with E-state index >= 15 is 0 Å². The molecule has 2 unspecified atom stereocenters. The maximum Gasteiger partial charge on any atom is 0.305 e. The van der Waals surface area contributed by atoms with Crippen LogP contribution in [0.4, 0.5) is 10.1 Å². The summed E-state index contributed by atoms with van der Waals surface area (Å²) in [4.78, 5) is 22.4. The van der Waals surface area contributed by atoms with Gasteiger partial charge in [0.1, 0.15) is 0 Å². The van der Waals surface area contributed by atoms with Crippen molar-refractivity contribution < 1.29 is 14.1 Å². The highest BCUT2D eigenvalue weighted by atomic mass is 19.1. The van der Waals surface area contributed by atoms with Crippen molar-refractivity contribution in [3.63, 3.8) is 0 Å². The van der Waals surface area contributed by atoms with E-state index in [-0.39, 0.29) is 17.9 Å². The molecular weight excluding hydrogens is 287 g/mol. The lowest BCUT2D eigenvalue weighted by Gasteiger charge is -2.27. The molecule has 0 radical (unpaired) electrons. The lowest BCUT2D eigenvalue weighted by atomic mass is 9.86. The molecule has 1 amide bonds. The molecule has 0 saturated carbocycles. The topological polar surface area (TPSA) is 72.2 Å². The third-order valence-electron chi connectivity index (χ3n) is 4.21. The Hall–Kier alpha value is -1.98. The first-order valence-electron chi connectivity index (χ1n) is 7.71. The maximum atomic E-state index is 13.7. The summed E-state index contributed by atoms with van der Waals surface area (Å²) in [5, 5.41) is 13.9. The Labute approximate surface area is 129 Å². The molecule has 1 aliphatic rings. The van der Waals surface area contributed by atoms with Crippen molar-refractivity contribution in [3.8, 4) is 0 Å². The predicted octanol–water partition coefficient (Wildman–Crippen LogP) is 3.66. The molecule has 2 atom stereocenters. The number of aryl methyl sites for hydroxylation is 1. The van der Waals surface area contributed by atoms with Gasteiger partial charge in [0.2, 0.25) is 11.7 Å². The van der Waals surface area contributed by atoms with Crippen LogP contribution in [0.2, 0.25) is 0 Å². The summed E-state index contributed by atoms with van der Waals surface area (Å²) < 4.78 is 13.7. The van der Waals surface area contributed by atoms with Crippen molar-refractivity contribution >= 4 is 11.6 Å². The average molecular weight is 308 g/mol. The molecule has 0 spiro atoms. The second-order valence-electron chi connectivity index (χ2n) is 5.90. The van der Waals surface area contributed by atoms with E-state index in [0.717, 1.165) is 31.2 Å². The van der Waals surface area contributed by atoms with Gasteiger partial charge in [0.25, 0.3) is 0 Å². The van der Waals surface area contributed by atoms with E-state index in [0.29, 0.717) is 12.0 Å². The number of nitrogens with one attached hydrogen (secondary N) is 1. The van der Waals surface area contributed by atoms with Gasteiger partial charge in [-0.1, -0.05) is 20.3 Å². The molecule has 0 bridgehead atoms. The predicted molar refractivity (Wildman–Crippen MR) is 80.9 cm³/mol. The van der Waals surface area contributed by atoms with Gasteiger partial charge in [0.15, 0.2) is 0 Å². The summed E-state index contributed by atoms with van der Waals surface area (Å²) >= 11 is 0. The Kier molecular flexibility index (Phi) is 5.11. The standard InChI is InChI=1S/C16H21FN2O3/c1-3-5-10(2)16(20)18-14-7-4-6-11-8-13(17)15(19(21)22)9-12(11)14/h8-10,14H,3-7H2,1-2H3,(H,18,20). The van der Waals surface area contributed by atoms with Gasteiger partial charge in [-0.05, 0) is 42.9 Å². The minimum Gasteiger partial charge on any atom is -0.349 e. The normalized spacial score (nSPS) is 18.4. The molecule has 120 valence electrons. The minimum atomic E-state index is -0.810. The molecular formula is C16H21FN2O3. The highest BCUT2D eigenvalue weighted by Gasteiger charge is 2.27. The Morgan fingerprint density at radius 3 is 2.91 bits per heavy atom. The van der Waals surface area contributed by atoms with Crippen LogP contribution in [0.3, 0.4) is 0 Å². The van der Waals surface area contributed by atoms with Crippen molar-refractivity contribution in [2.75, 3.05) is 0 Å². The SMILES string of the molecule is CCCC(C)C(=O)NC1CCCc2cc(F)c([N+](=O)[O-])cc21. The Morgan fingerprint density at radius 1 is 1.55 bits per heavy atom.